The summed E-state index contributed by atoms with van der Waals surface area (Å²) in [5.41, 5.74) is 0. The number of rotatable bonds is 1. The maximum atomic E-state index is 11.2. The SMILES string of the molecule is [CH2]C(F)(F)C=C. The molecule has 0 atom stereocenters. The number of halogens is 2. The van der Waals surface area contributed by atoms with Crippen molar-refractivity contribution in [3.63, 3.8) is 0 Å². The van der Waals surface area contributed by atoms with E-state index in [1.165, 1.54) is 0 Å². The van der Waals surface area contributed by atoms with Crippen molar-refractivity contribution in [2.24, 2.45) is 0 Å². The standard InChI is InChI=1S/C4H5F2/c1-3-4(2,5)6/h3H,1-2H2. The number of hydrogen-bond donors (Lipinski definition) is 0. The van der Waals surface area contributed by atoms with Gasteiger partial charge in [-0.05, 0) is 6.08 Å². The second-order valence-electron chi connectivity index (χ2n) is 0.965. The lowest BCUT2D eigenvalue weighted by Crippen LogP contribution is -2.02. The first-order valence-electron chi connectivity index (χ1n) is 1.43. The van der Waals surface area contributed by atoms with Gasteiger partial charge in [0, 0.05) is 6.92 Å². The molecular weight excluding hydrogens is 86.0 g/mol. The van der Waals surface area contributed by atoms with E-state index < -0.39 is 5.92 Å². The Morgan fingerprint density at radius 1 is 1.50 bits per heavy atom. The van der Waals surface area contributed by atoms with Gasteiger partial charge in [0.15, 0.2) is 0 Å². The van der Waals surface area contributed by atoms with Crippen LogP contribution in [-0.2, 0) is 0 Å². The van der Waals surface area contributed by atoms with E-state index in [0.717, 1.165) is 0 Å². The Kier molecular flexibility index (Phi) is 1.28. The second-order valence-corrected chi connectivity index (χ2v) is 0.965. The lowest BCUT2D eigenvalue weighted by atomic mass is 10.4. The molecule has 6 heavy (non-hydrogen) atoms. The average molecular weight is 91.1 g/mol. The number of hydrogen-bond acceptors (Lipinski definition) is 0. The van der Waals surface area contributed by atoms with Gasteiger partial charge in [-0.1, -0.05) is 6.58 Å². The van der Waals surface area contributed by atoms with Crippen LogP contribution in [0.1, 0.15) is 0 Å². The molecule has 0 aliphatic heterocycles. The van der Waals surface area contributed by atoms with Gasteiger partial charge in [0.25, 0.3) is 5.92 Å². The Labute approximate surface area is 35.5 Å². The van der Waals surface area contributed by atoms with Gasteiger partial charge in [-0.15, -0.1) is 0 Å². The molecule has 0 aromatic heterocycles. The van der Waals surface area contributed by atoms with Crippen LogP contribution in [0.25, 0.3) is 0 Å². The van der Waals surface area contributed by atoms with Crippen molar-refractivity contribution in [1.82, 2.24) is 0 Å². The van der Waals surface area contributed by atoms with E-state index in [1.54, 1.807) is 0 Å². The molecule has 1 radical (unpaired) electrons. The number of allylic oxidation sites excluding steroid dienone is 1. The monoisotopic (exact) mass is 91.0 g/mol. The van der Waals surface area contributed by atoms with Crippen LogP contribution in [-0.4, -0.2) is 5.92 Å². The summed E-state index contributed by atoms with van der Waals surface area (Å²) in [4.78, 5) is 0. The minimum atomic E-state index is -2.94. The minimum Gasteiger partial charge on any atom is -0.202 e. The van der Waals surface area contributed by atoms with E-state index in [2.05, 4.69) is 13.5 Å². The summed E-state index contributed by atoms with van der Waals surface area (Å²) in [6.45, 7) is 5.26. The summed E-state index contributed by atoms with van der Waals surface area (Å²) < 4.78 is 22.4. The minimum absolute atomic E-state index is 0.493. The van der Waals surface area contributed by atoms with Crippen LogP contribution in [0.4, 0.5) is 8.78 Å². The molecule has 0 rings (SSSR count). The van der Waals surface area contributed by atoms with Crippen LogP contribution in [0.2, 0.25) is 0 Å². The van der Waals surface area contributed by atoms with Gasteiger partial charge in [0.1, 0.15) is 0 Å². The summed E-state index contributed by atoms with van der Waals surface area (Å²) in [7, 11) is 0. The Morgan fingerprint density at radius 3 is 1.67 bits per heavy atom. The van der Waals surface area contributed by atoms with Gasteiger partial charge >= 0.3 is 0 Å². The van der Waals surface area contributed by atoms with Crippen molar-refractivity contribution in [1.29, 1.82) is 0 Å². The van der Waals surface area contributed by atoms with Gasteiger partial charge in [0.05, 0.1) is 0 Å². The number of alkyl halides is 2. The van der Waals surface area contributed by atoms with Crippen LogP contribution in [0.5, 0.6) is 0 Å². The Morgan fingerprint density at radius 2 is 1.67 bits per heavy atom. The summed E-state index contributed by atoms with van der Waals surface area (Å²) in [5.74, 6) is -2.94. The van der Waals surface area contributed by atoms with Crippen LogP contribution in [0, 0.1) is 6.92 Å². The molecule has 0 fully saturated rings. The van der Waals surface area contributed by atoms with Crippen molar-refractivity contribution in [2.45, 2.75) is 5.92 Å². The lowest BCUT2D eigenvalue weighted by molar-refractivity contribution is 0.109. The molecular formula is C4H5F2. The van der Waals surface area contributed by atoms with Gasteiger partial charge in [-0.2, -0.15) is 0 Å². The average Bonchev–Trinajstić information content (AvgIpc) is 1.35. The van der Waals surface area contributed by atoms with Crippen molar-refractivity contribution in [3.8, 4) is 0 Å². The summed E-state index contributed by atoms with van der Waals surface area (Å²) in [6.07, 6.45) is 0.493. The van der Waals surface area contributed by atoms with Crippen molar-refractivity contribution in [2.75, 3.05) is 0 Å². The zero-order valence-corrected chi connectivity index (χ0v) is 3.25. The smallest absolute Gasteiger partial charge is 0.202 e. The topological polar surface area (TPSA) is 0 Å². The normalized spacial score (nSPS) is 11.2. The molecule has 0 bridgehead atoms. The predicted molar refractivity (Wildman–Crippen MR) is 20.5 cm³/mol. The zero-order valence-electron chi connectivity index (χ0n) is 3.25. The third-order valence-corrected chi connectivity index (χ3v) is 0.299. The first-order chi connectivity index (χ1) is 2.56. The highest BCUT2D eigenvalue weighted by molar-refractivity contribution is 4.88. The zero-order chi connectivity index (χ0) is 5.21. The molecule has 2 heteroatoms. The van der Waals surface area contributed by atoms with Crippen molar-refractivity contribution >= 4 is 0 Å². The van der Waals surface area contributed by atoms with Crippen molar-refractivity contribution < 1.29 is 8.78 Å². The second kappa shape index (κ2) is 1.37. The van der Waals surface area contributed by atoms with Crippen LogP contribution < -0.4 is 0 Å². The molecule has 0 amide bonds. The first kappa shape index (κ1) is 5.60. The van der Waals surface area contributed by atoms with Gasteiger partial charge in [0.2, 0.25) is 0 Å². The van der Waals surface area contributed by atoms with E-state index in [-0.39, 0.29) is 0 Å². The maximum absolute atomic E-state index is 11.2. The highest BCUT2D eigenvalue weighted by Crippen LogP contribution is 2.09. The fraction of sp³-hybridized carbons (Fsp3) is 0.250. The molecule has 0 aromatic rings. The molecule has 0 aliphatic rings. The van der Waals surface area contributed by atoms with Gasteiger partial charge in [-0.3, -0.25) is 0 Å². The van der Waals surface area contributed by atoms with E-state index in [0.29, 0.717) is 6.08 Å². The summed E-state index contributed by atoms with van der Waals surface area (Å²) >= 11 is 0. The quantitative estimate of drug-likeness (QED) is 0.430. The molecule has 0 nitrogen and oxygen atoms in total. The third kappa shape index (κ3) is 3.60. The van der Waals surface area contributed by atoms with Crippen molar-refractivity contribution in [3.05, 3.63) is 19.6 Å². The highest BCUT2D eigenvalue weighted by Gasteiger charge is 2.12. The van der Waals surface area contributed by atoms with E-state index in [4.69, 9.17) is 0 Å². The summed E-state index contributed by atoms with van der Waals surface area (Å²) in [6, 6.07) is 0. The Hall–Kier alpha value is -0.400. The summed E-state index contributed by atoms with van der Waals surface area (Å²) in [5, 5.41) is 0. The fourth-order valence-electron chi connectivity index (χ4n) is 0. The van der Waals surface area contributed by atoms with E-state index in [1.807, 2.05) is 0 Å². The third-order valence-electron chi connectivity index (χ3n) is 0.299. The predicted octanol–water partition coefficient (Wildman–Crippen LogP) is 1.64. The van der Waals surface area contributed by atoms with Gasteiger partial charge in [-0.25, -0.2) is 8.78 Å². The molecule has 0 N–H and O–H groups in total. The van der Waals surface area contributed by atoms with Crippen LogP contribution >= 0.6 is 0 Å². The Bertz CT molecular complexity index is 51.1. The lowest BCUT2D eigenvalue weighted by Gasteiger charge is -1.97. The van der Waals surface area contributed by atoms with E-state index >= 15 is 0 Å². The van der Waals surface area contributed by atoms with Crippen LogP contribution in [0.3, 0.4) is 0 Å². The molecule has 0 spiro atoms. The highest BCUT2D eigenvalue weighted by atomic mass is 19.3. The largest absolute Gasteiger partial charge is 0.266 e. The maximum Gasteiger partial charge on any atom is 0.266 e. The molecule has 0 saturated carbocycles. The molecule has 0 aromatic carbocycles. The molecule has 0 aliphatic carbocycles. The van der Waals surface area contributed by atoms with E-state index in [9.17, 15) is 8.78 Å². The molecule has 35 valence electrons. The first-order valence-corrected chi connectivity index (χ1v) is 1.43. The fourth-order valence-corrected chi connectivity index (χ4v) is 0. The molecule has 0 unspecified atom stereocenters. The molecule has 0 saturated heterocycles. The van der Waals surface area contributed by atoms with Gasteiger partial charge < -0.3 is 0 Å². The molecule has 0 heterocycles. The van der Waals surface area contributed by atoms with Crippen LogP contribution in [0.15, 0.2) is 12.7 Å². The Balaban J connectivity index is 3.45.